The van der Waals surface area contributed by atoms with Gasteiger partial charge >= 0.3 is 5.82 Å². The average molecular weight is 213 g/mol. The normalized spacial score (nSPS) is 12.8. The summed E-state index contributed by atoms with van der Waals surface area (Å²) < 4.78 is 0.781. The minimum Gasteiger partial charge on any atom is -0.383 e. The Morgan fingerprint density at radius 3 is 2.67 bits per heavy atom. The molecule has 0 saturated heterocycles. The number of aliphatic hydroxyl groups is 1. The highest BCUT2D eigenvalue weighted by Gasteiger charge is 2.25. The molecule has 0 aliphatic carbocycles. The van der Waals surface area contributed by atoms with Gasteiger partial charge in [0.15, 0.2) is 0 Å². The Morgan fingerprint density at radius 1 is 1.67 bits per heavy atom. The lowest BCUT2D eigenvalue weighted by Gasteiger charge is -2.10. The Bertz CT molecular complexity index is 385. The van der Waals surface area contributed by atoms with Gasteiger partial charge in [-0.15, -0.1) is 4.68 Å². The zero-order chi connectivity index (χ0) is 11.6. The van der Waals surface area contributed by atoms with Crippen molar-refractivity contribution >= 4 is 11.7 Å². The molecule has 7 heteroatoms. The molecule has 0 amide bonds. The molecule has 0 saturated carbocycles. The zero-order valence-electron chi connectivity index (χ0n) is 8.32. The highest BCUT2D eigenvalue weighted by atomic mass is 16.6. The van der Waals surface area contributed by atoms with Gasteiger partial charge in [-0.05, 0) is 10.8 Å². The molecule has 1 atom stereocenters. The van der Waals surface area contributed by atoms with Gasteiger partial charge in [0.05, 0.1) is 17.4 Å². The number of rotatable bonds is 3. The number of carbonyl (C=O) groups is 1. The van der Waals surface area contributed by atoms with E-state index in [9.17, 15) is 20.0 Å². The lowest BCUT2D eigenvalue weighted by atomic mass is 10.1. The fourth-order valence-corrected chi connectivity index (χ4v) is 0.955. The summed E-state index contributed by atoms with van der Waals surface area (Å²) in [5, 5.41) is 23.1. The Hall–Kier alpha value is -1.76. The molecule has 1 unspecified atom stereocenters. The molecule has 1 aromatic rings. The number of nitro groups is 1. The van der Waals surface area contributed by atoms with Crippen molar-refractivity contribution in [3.05, 3.63) is 22.4 Å². The molecule has 1 rings (SSSR count). The van der Waals surface area contributed by atoms with Crippen LogP contribution in [-0.4, -0.2) is 31.8 Å². The maximum absolute atomic E-state index is 11.4. The number of hydrogen-bond acceptors (Lipinski definition) is 5. The monoisotopic (exact) mass is 213 g/mol. The summed E-state index contributed by atoms with van der Waals surface area (Å²) in [7, 11) is 0. The fourth-order valence-electron chi connectivity index (χ4n) is 0.955. The van der Waals surface area contributed by atoms with Crippen molar-refractivity contribution in [3.8, 4) is 0 Å². The highest BCUT2D eigenvalue weighted by Crippen LogP contribution is 2.08. The van der Waals surface area contributed by atoms with Crippen molar-refractivity contribution in [1.29, 1.82) is 0 Å². The predicted octanol–water partition coefficient (Wildman–Crippen LogP) is 0.448. The predicted molar refractivity (Wildman–Crippen MR) is 50.4 cm³/mol. The molecule has 0 radical (unpaired) electrons. The Kier molecular flexibility index (Phi) is 3.15. The lowest BCUT2D eigenvalue weighted by molar-refractivity contribution is -0.389. The molecule has 0 aliphatic heterocycles. The highest BCUT2D eigenvalue weighted by molar-refractivity contribution is 5.82. The van der Waals surface area contributed by atoms with Crippen LogP contribution >= 0.6 is 0 Å². The second kappa shape index (κ2) is 4.18. The molecular formula is C8H11N3O4. The smallest absolute Gasteiger partial charge is 0.383 e. The van der Waals surface area contributed by atoms with Gasteiger partial charge in [0.25, 0.3) is 5.91 Å². The molecule has 1 N–H and O–H groups in total. The minimum atomic E-state index is -1.20. The van der Waals surface area contributed by atoms with Crippen molar-refractivity contribution in [1.82, 2.24) is 9.78 Å². The van der Waals surface area contributed by atoms with Gasteiger partial charge < -0.3 is 15.2 Å². The average Bonchev–Trinajstić information content (AvgIpc) is 2.64. The summed E-state index contributed by atoms with van der Waals surface area (Å²) in [5.41, 5.74) is 0. The van der Waals surface area contributed by atoms with Crippen molar-refractivity contribution < 1.29 is 14.8 Å². The second-order valence-electron chi connectivity index (χ2n) is 3.40. The van der Waals surface area contributed by atoms with E-state index >= 15 is 0 Å². The Morgan fingerprint density at radius 2 is 2.27 bits per heavy atom. The number of aliphatic hydroxyl groups excluding tert-OH is 1. The van der Waals surface area contributed by atoms with Gasteiger partial charge in [0, 0.05) is 0 Å². The zero-order valence-corrected chi connectivity index (χ0v) is 8.32. The van der Waals surface area contributed by atoms with Crippen molar-refractivity contribution in [2.75, 3.05) is 0 Å². The van der Waals surface area contributed by atoms with Crippen LogP contribution in [0.4, 0.5) is 5.82 Å². The van der Waals surface area contributed by atoms with Crippen LogP contribution in [0.15, 0.2) is 12.3 Å². The molecule has 0 aromatic carbocycles. The van der Waals surface area contributed by atoms with Gasteiger partial charge in [0.2, 0.25) is 0 Å². The second-order valence-corrected chi connectivity index (χ2v) is 3.40. The van der Waals surface area contributed by atoms with E-state index in [1.807, 2.05) is 0 Å². The van der Waals surface area contributed by atoms with E-state index in [2.05, 4.69) is 5.10 Å². The molecule has 1 aromatic heterocycles. The molecule has 7 nitrogen and oxygen atoms in total. The summed E-state index contributed by atoms with van der Waals surface area (Å²) >= 11 is 0. The fraction of sp³-hybridized carbons (Fsp3) is 0.500. The molecule has 0 aliphatic rings. The van der Waals surface area contributed by atoms with Crippen LogP contribution in [0.3, 0.4) is 0 Å². The third kappa shape index (κ3) is 2.38. The van der Waals surface area contributed by atoms with Gasteiger partial charge in [-0.25, -0.2) is 0 Å². The van der Waals surface area contributed by atoms with Crippen LogP contribution < -0.4 is 0 Å². The van der Waals surface area contributed by atoms with E-state index < -0.39 is 22.8 Å². The van der Waals surface area contributed by atoms with E-state index in [4.69, 9.17) is 0 Å². The molecule has 0 bridgehead atoms. The van der Waals surface area contributed by atoms with E-state index in [0.29, 0.717) is 0 Å². The molecule has 0 fully saturated rings. The summed E-state index contributed by atoms with van der Waals surface area (Å²) in [6, 6.07) is 1.10. The van der Waals surface area contributed by atoms with Crippen LogP contribution in [0.5, 0.6) is 0 Å². The number of aromatic nitrogens is 2. The number of carbonyl (C=O) groups excluding carboxylic acids is 1. The first kappa shape index (κ1) is 11.3. The van der Waals surface area contributed by atoms with Crippen molar-refractivity contribution in [2.45, 2.75) is 20.0 Å². The Balaban J connectivity index is 2.88. The first-order valence-corrected chi connectivity index (χ1v) is 4.36. The maximum Gasteiger partial charge on any atom is 0.390 e. The van der Waals surface area contributed by atoms with Crippen LogP contribution in [0, 0.1) is 16.0 Å². The quantitative estimate of drug-likeness (QED) is 0.580. The molecule has 0 spiro atoms. The summed E-state index contributed by atoms with van der Waals surface area (Å²) in [4.78, 5) is 21.0. The van der Waals surface area contributed by atoms with E-state index in [0.717, 1.165) is 16.9 Å². The van der Waals surface area contributed by atoms with Crippen LogP contribution in [-0.2, 0) is 0 Å². The number of nitrogens with zero attached hydrogens (tertiary/aromatic N) is 3. The van der Waals surface area contributed by atoms with E-state index in [1.54, 1.807) is 13.8 Å². The lowest BCUT2D eigenvalue weighted by Crippen LogP contribution is -2.31. The van der Waals surface area contributed by atoms with E-state index in [1.165, 1.54) is 0 Å². The summed E-state index contributed by atoms with van der Waals surface area (Å²) in [6.45, 7) is 3.33. The molecule has 82 valence electrons. The summed E-state index contributed by atoms with van der Waals surface area (Å²) in [6.07, 6.45) is -0.0454. The minimum absolute atomic E-state index is 0.263. The molecule has 15 heavy (non-hydrogen) atoms. The largest absolute Gasteiger partial charge is 0.390 e. The van der Waals surface area contributed by atoms with Gasteiger partial charge in [0.1, 0.15) is 6.10 Å². The Labute approximate surface area is 85.5 Å². The van der Waals surface area contributed by atoms with Crippen molar-refractivity contribution in [2.24, 2.45) is 5.92 Å². The van der Waals surface area contributed by atoms with Gasteiger partial charge in [-0.3, -0.25) is 4.79 Å². The molecular weight excluding hydrogens is 202 g/mol. The van der Waals surface area contributed by atoms with Gasteiger partial charge in [-0.1, -0.05) is 13.8 Å². The van der Waals surface area contributed by atoms with Crippen LogP contribution in [0.25, 0.3) is 0 Å². The van der Waals surface area contributed by atoms with Crippen LogP contribution in [0.1, 0.15) is 18.6 Å². The number of hydrogen-bond donors (Lipinski definition) is 1. The van der Waals surface area contributed by atoms with Crippen molar-refractivity contribution in [3.63, 3.8) is 0 Å². The first-order chi connectivity index (χ1) is 6.93. The third-order valence-corrected chi connectivity index (χ3v) is 1.87. The topological polar surface area (TPSA) is 98.3 Å². The maximum atomic E-state index is 11.4. The standard InChI is InChI=1S/C8H11N3O4/c1-5(2)7(12)8(13)10-4-3-6(9-10)11(14)15/h3-5,7,12H,1-2H3. The molecule has 1 heterocycles. The van der Waals surface area contributed by atoms with Crippen LogP contribution in [0.2, 0.25) is 0 Å². The first-order valence-electron chi connectivity index (χ1n) is 4.36. The summed E-state index contributed by atoms with van der Waals surface area (Å²) in [5.74, 6) is -1.35. The third-order valence-electron chi connectivity index (χ3n) is 1.87. The SMILES string of the molecule is CC(C)C(O)C(=O)n1ccc([N+](=O)[O-])n1. The van der Waals surface area contributed by atoms with E-state index in [-0.39, 0.29) is 5.92 Å². The van der Waals surface area contributed by atoms with Gasteiger partial charge in [-0.2, -0.15) is 0 Å².